The summed E-state index contributed by atoms with van der Waals surface area (Å²) in [6.07, 6.45) is 5.64. The fourth-order valence-corrected chi connectivity index (χ4v) is 6.93. The van der Waals surface area contributed by atoms with Crippen LogP contribution in [0.15, 0.2) is 29.3 Å². The maximum atomic E-state index is 13.6. The van der Waals surface area contributed by atoms with E-state index in [1.54, 1.807) is 6.07 Å². The Morgan fingerprint density at radius 3 is 2.45 bits per heavy atom. The molecule has 0 aromatic heterocycles. The number of hydrogen-bond acceptors (Lipinski definition) is 3. The maximum Gasteiger partial charge on any atom is 0.159 e. The van der Waals surface area contributed by atoms with E-state index in [4.69, 9.17) is 0 Å². The third kappa shape index (κ3) is 5.06. The van der Waals surface area contributed by atoms with E-state index < -0.39 is 23.8 Å². The van der Waals surface area contributed by atoms with E-state index >= 15 is 0 Å². The number of fused-ring (bicyclic) bond motifs is 2. The highest BCUT2D eigenvalue weighted by Crippen LogP contribution is 2.55. The van der Waals surface area contributed by atoms with Crippen molar-refractivity contribution >= 4 is 0 Å². The predicted octanol–water partition coefficient (Wildman–Crippen LogP) is 5.74. The molecule has 0 aliphatic heterocycles. The second kappa shape index (κ2) is 9.75. The molecule has 1 fully saturated rings. The van der Waals surface area contributed by atoms with Crippen LogP contribution in [0.2, 0.25) is 0 Å². The Bertz CT molecular complexity index is 883. The Morgan fingerprint density at radius 2 is 1.73 bits per heavy atom. The van der Waals surface area contributed by atoms with E-state index in [0.29, 0.717) is 23.9 Å². The molecule has 33 heavy (non-hydrogen) atoms. The quantitative estimate of drug-likeness (QED) is 0.503. The van der Waals surface area contributed by atoms with Crippen molar-refractivity contribution in [3.63, 3.8) is 0 Å². The van der Waals surface area contributed by atoms with Gasteiger partial charge in [-0.1, -0.05) is 44.9 Å². The van der Waals surface area contributed by atoms with Gasteiger partial charge in [0.2, 0.25) is 0 Å². The van der Waals surface area contributed by atoms with Crippen LogP contribution in [0.3, 0.4) is 0 Å². The second-order valence-corrected chi connectivity index (χ2v) is 11.7. The highest BCUT2D eigenvalue weighted by Gasteiger charge is 2.47. The largest absolute Gasteiger partial charge is 0.390 e. The minimum atomic E-state index is -0.831. The minimum absolute atomic E-state index is 0.0584. The van der Waals surface area contributed by atoms with Gasteiger partial charge < -0.3 is 15.5 Å². The molecule has 184 valence electrons. The van der Waals surface area contributed by atoms with Gasteiger partial charge >= 0.3 is 0 Å². The summed E-state index contributed by atoms with van der Waals surface area (Å²) in [5, 5.41) is 26.2. The first kappa shape index (κ1) is 24.8. The number of halogens is 2. The average Bonchev–Trinajstić information content (AvgIpc) is 3.09. The van der Waals surface area contributed by atoms with E-state index in [1.807, 2.05) is 6.92 Å². The molecule has 0 spiro atoms. The molecule has 0 amide bonds. The van der Waals surface area contributed by atoms with Crippen LogP contribution in [0, 0.1) is 40.7 Å². The molecule has 3 nitrogen and oxygen atoms in total. The summed E-state index contributed by atoms with van der Waals surface area (Å²) < 4.78 is 26.9. The van der Waals surface area contributed by atoms with Crippen molar-refractivity contribution in [2.45, 2.75) is 97.4 Å². The molecule has 1 aromatic rings. The lowest BCUT2D eigenvalue weighted by Gasteiger charge is -2.44. The Kier molecular flexibility index (Phi) is 7.33. The number of nitrogens with one attached hydrogen (secondary N) is 1. The SMILES string of the molecule is CC1C[C@H](NCc2ccc(F)c(F)c2)CC[C@H](C)C2CCC3=C(CCC3(C)C)C2[C@@H](O)[C@@H]1O. The first-order valence-corrected chi connectivity index (χ1v) is 12.8. The molecule has 4 rings (SSSR count). The standard InChI is InChI=1S/C28H41F2NO2/c1-16-5-7-19(31-15-18-6-10-23(29)24(30)14-18)13-17(2)26(32)27(33)25-20(16)8-9-22-21(25)11-12-28(22,3)4/h6,10,14,16-17,19-20,25-27,31-33H,5,7-9,11-13,15H2,1-4H3/t16-,17?,19+,20?,25?,26+,27+/m0/s1. The summed E-state index contributed by atoms with van der Waals surface area (Å²) in [7, 11) is 0. The first-order chi connectivity index (χ1) is 15.6. The average molecular weight is 462 g/mol. The Hall–Kier alpha value is -1.30. The molecular formula is C28H41F2NO2. The summed E-state index contributed by atoms with van der Waals surface area (Å²) in [5.41, 5.74) is 3.90. The monoisotopic (exact) mass is 461 g/mol. The molecular weight excluding hydrogens is 420 g/mol. The van der Waals surface area contributed by atoms with Gasteiger partial charge in [0.15, 0.2) is 11.6 Å². The lowest BCUT2D eigenvalue weighted by atomic mass is 9.63. The molecule has 3 N–H and O–H groups in total. The number of aliphatic hydroxyl groups excluding tert-OH is 2. The molecule has 0 heterocycles. The van der Waals surface area contributed by atoms with Crippen molar-refractivity contribution in [1.82, 2.24) is 5.32 Å². The van der Waals surface area contributed by atoms with Gasteiger partial charge in [0.1, 0.15) is 0 Å². The van der Waals surface area contributed by atoms with Crippen molar-refractivity contribution in [1.29, 1.82) is 0 Å². The highest BCUT2D eigenvalue weighted by molar-refractivity contribution is 5.33. The normalized spacial score (nSPS) is 36.9. The van der Waals surface area contributed by atoms with Crippen LogP contribution >= 0.6 is 0 Å². The van der Waals surface area contributed by atoms with Crippen molar-refractivity contribution < 1.29 is 19.0 Å². The molecule has 1 saturated carbocycles. The van der Waals surface area contributed by atoms with Crippen molar-refractivity contribution in [2.24, 2.45) is 29.1 Å². The van der Waals surface area contributed by atoms with E-state index in [1.165, 1.54) is 23.3 Å². The molecule has 3 unspecified atom stereocenters. The van der Waals surface area contributed by atoms with Crippen LogP contribution in [0.25, 0.3) is 0 Å². The number of rotatable bonds is 3. The zero-order valence-electron chi connectivity index (χ0n) is 20.6. The van der Waals surface area contributed by atoms with Gasteiger partial charge in [-0.05, 0) is 85.8 Å². The Labute approximate surface area is 197 Å². The topological polar surface area (TPSA) is 52.5 Å². The summed E-state index contributed by atoms with van der Waals surface area (Å²) >= 11 is 0. The molecule has 1 aromatic carbocycles. The van der Waals surface area contributed by atoms with E-state index in [-0.39, 0.29) is 23.3 Å². The minimum Gasteiger partial charge on any atom is -0.390 e. The summed E-state index contributed by atoms with van der Waals surface area (Å²) in [6, 6.07) is 4.17. The molecule has 7 atom stereocenters. The molecule has 3 aliphatic rings. The van der Waals surface area contributed by atoms with Crippen LogP contribution < -0.4 is 5.32 Å². The summed E-state index contributed by atoms with van der Waals surface area (Å²) in [4.78, 5) is 0. The van der Waals surface area contributed by atoms with Crippen LogP contribution in [-0.2, 0) is 6.54 Å². The van der Waals surface area contributed by atoms with Gasteiger partial charge in [-0.3, -0.25) is 0 Å². The fraction of sp³-hybridized carbons (Fsp3) is 0.714. The molecule has 3 aliphatic carbocycles. The van der Waals surface area contributed by atoms with Gasteiger partial charge in [0.05, 0.1) is 12.2 Å². The number of aliphatic hydroxyl groups is 2. The molecule has 0 bridgehead atoms. The zero-order valence-corrected chi connectivity index (χ0v) is 20.6. The van der Waals surface area contributed by atoms with Gasteiger partial charge in [-0.15, -0.1) is 0 Å². The van der Waals surface area contributed by atoms with Crippen LogP contribution in [0.1, 0.15) is 78.2 Å². The second-order valence-electron chi connectivity index (χ2n) is 11.7. The third-order valence-corrected chi connectivity index (χ3v) is 9.05. The fourth-order valence-electron chi connectivity index (χ4n) is 6.93. The van der Waals surface area contributed by atoms with Gasteiger partial charge in [-0.2, -0.15) is 0 Å². The van der Waals surface area contributed by atoms with Gasteiger partial charge in [0, 0.05) is 18.5 Å². The predicted molar refractivity (Wildman–Crippen MR) is 127 cm³/mol. The first-order valence-electron chi connectivity index (χ1n) is 12.8. The number of benzene rings is 1. The lowest BCUT2D eigenvalue weighted by Crippen LogP contribution is -2.47. The zero-order chi connectivity index (χ0) is 23.9. The summed E-state index contributed by atoms with van der Waals surface area (Å²) in [6.45, 7) is 9.44. The third-order valence-electron chi connectivity index (χ3n) is 9.05. The van der Waals surface area contributed by atoms with E-state index in [0.717, 1.165) is 44.9 Å². The van der Waals surface area contributed by atoms with Crippen LogP contribution in [0.4, 0.5) is 8.78 Å². The van der Waals surface area contributed by atoms with Crippen molar-refractivity contribution in [3.05, 3.63) is 46.5 Å². The number of allylic oxidation sites excluding steroid dienone is 1. The summed E-state index contributed by atoms with van der Waals surface area (Å²) in [5.74, 6) is -0.808. The molecule has 5 heteroatoms. The van der Waals surface area contributed by atoms with Crippen molar-refractivity contribution in [2.75, 3.05) is 0 Å². The van der Waals surface area contributed by atoms with Gasteiger partial charge in [-0.25, -0.2) is 8.78 Å². The molecule has 0 saturated heterocycles. The Balaban J connectivity index is 1.51. The van der Waals surface area contributed by atoms with Crippen LogP contribution in [-0.4, -0.2) is 28.5 Å². The van der Waals surface area contributed by atoms with E-state index in [9.17, 15) is 19.0 Å². The van der Waals surface area contributed by atoms with Crippen LogP contribution in [0.5, 0.6) is 0 Å². The highest BCUT2D eigenvalue weighted by atomic mass is 19.2. The Morgan fingerprint density at radius 1 is 0.970 bits per heavy atom. The lowest BCUT2D eigenvalue weighted by molar-refractivity contribution is -0.0642. The van der Waals surface area contributed by atoms with E-state index in [2.05, 4.69) is 26.1 Å². The van der Waals surface area contributed by atoms with Crippen molar-refractivity contribution in [3.8, 4) is 0 Å². The number of hydrogen-bond donors (Lipinski definition) is 3. The van der Waals surface area contributed by atoms with Gasteiger partial charge in [0.25, 0.3) is 0 Å². The molecule has 0 radical (unpaired) electrons. The maximum absolute atomic E-state index is 13.6. The smallest absolute Gasteiger partial charge is 0.159 e.